The third-order valence-electron chi connectivity index (χ3n) is 2.94. The van der Waals surface area contributed by atoms with Crippen molar-refractivity contribution in [1.82, 2.24) is 10.2 Å². The SMILES string of the molecule is CCOCC(C)NCC(O)CN1CCCC1. The molecule has 0 aromatic rings. The quantitative estimate of drug-likeness (QED) is 0.636. The smallest absolute Gasteiger partial charge is 0.0791 e. The van der Waals surface area contributed by atoms with E-state index < -0.39 is 0 Å². The lowest BCUT2D eigenvalue weighted by Gasteiger charge is -2.21. The van der Waals surface area contributed by atoms with Gasteiger partial charge in [0.25, 0.3) is 0 Å². The molecule has 1 aliphatic heterocycles. The molecule has 0 bridgehead atoms. The number of likely N-dealkylation sites (tertiary alicyclic amines) is 1. The molecule has 2 atom stereocenters. The molecule has 0 amide bonds. The molecule has 0 aromatic carbocycles. The maximum absolute atomic E-state index is 9.84. The Balaban J connectivity index is 2.02. The van der Waals surface area contributed by atoms with Crippen LogP contribution in [0.5, 0.6) is 0 Å². The number of rotatable bonds is 8. The molecule has 96 valence electrons. The zero-order chi connectivity index (χ0) is 11.8. The highest BCUT2D eigenvalue weighted by Gasteiger charge is 2.15. The van der Waals surface area contributed by atoms with Gasteiger partial charge in [-0.05, 0) is 39.8 Å². The van der Waals surface area contributed by atoms with Crippen LogP contribution in [0, 0.1) is 0 Å². The number of nitrogens with one attached hydrogen (secondary N) is 1. The molecule has 4 nitrogen and oxygen atoms in total. The molecule has 0 saturated carbocycles. The summed E-state index contributed by atoms with van der Waals surface area (Å²) in [5.41, 5.74) is 0. The number of ether oxygens (including phenoxy) is 1. The van der Waals surface area contributed by atoms with Gasteiger partial charge < -0.3 is 20.1 Å². The van der Waals surface area contributed by atoms with Crippen LogP contribution < -0.4 is 5.32 Å². The van der Waals surface area contributed by atoms with Crippen molar-refractivity contribution < 1.29 is 9.84 Å². The number of hydrogen-bond acceptors (Lipinski definition) is 4. The molecule has 1 aliphatic rings. The van der Waals surface area contributed by atoms with Crippen molar-refractivity contribution in [3.05, 3.63) is 0 Å². The lowest BCUT2D eigenvalue weighted by molar-refractivity contribution is 0.101. The summed E-state index contributed by atoms with van der Waals surface area (Å²) < 4.78 is 5.31. The number of β-amino-alcohol motifs (C(OH)–C–C–N with tert-alkyl or cyclic N) is 1. The van der Waals surface area contributed by atoms with Crippen molar-refractivity contribution >= 4 is 0 Å². The van der Waals surface area contributed by atoms with Crippen LogP contribution in [-0.2, 0) is 4.74 Å². The predicted octanol–water partition coefficient (Wildman–Crippen LogP) is 0.458. The molecule has 0 aromatic heterocycles. The van der Waals surface area contributed by atoms with Gasteiger partial charge in [0.05, 0.1) is 12.7 Å². The van der Waals surface area contributed by atoms with Crippen LogP contribution in [0.1, 0.15) is 26.7 Å². The fourth-order valence-electron chi connectivity index (χ4n) is 2.02. The molecule has 4 heteroatoms. The first kappa shape index (κ1) is 13.9. The van der Waals surface area contributed by atoms with Crippen molar-refractivity contribution in [3.8, 4) is 0 Å². The highest BCUT2D eigenvalue weighted by atomic mass is 16.5. The number of hydrogen-bond donors (Lipinski definition) is 2. The summed E-state index contributed by atoms with van der Waals surface area (Å²) in [7, 11) is 0. The minimum absolute atomic E-state index is 0.262. The van der Waals surface area contributed by atoms with E-state index in [2.05, 4.69) is 17.1 Å². The van der Waals surface area contributed by atoms with Gasteiger partial charge in [0, 0.05) is 25.7 Å². The average molecular weight is 230 g/mol. The van der Waals surface area contributed by atoms with Crippen LogP contribution in [0.4, 0.5) is 0 Å². The second-order valence-corrected chi connectivity index (χ2v) is 4.63. The highest BCUT2D eigenvalue weighted by molar-refractivity contribution is 4.72. The van der Waals surface area contributed by atoms with E-state index in [0.29, 0.717) is 19.2 Å². The summed E-state index contributed by atoms with van der Waals surface area (Å²) >= 11 is 0. The topological polar surface area (TPSA) is 44.7 Å². The fraction of sp³-hybridized carbons (Fsp3) is 1.00. The van der Waals surface area contributed by atoms with Crippen molar-refractivity contribution in [2.75, 3.05) is 39.4 Å². The monoisotopic (exact) mass is 230 g/mol. The minimum Gasteiger partial charge on any atom is -0.390 e. The molecule has 0 radical (unpaired) electrons. The van der Waals surface area contributed by atoms with Gasteiger partial charge in [0.15, 0.2) is 0 Å². The van der Waals surface area contributed by atoms with Gasteiger partial charge in [-0.15, -0.1) is 0 Å². The van der Waals surface area contributed by atoms with Crippen molar-refractivity contribution in [2.24, 2.45) is 0 Å². The van der Waals surface area contributed by atoms with Crippen LogP contribution in [0.2, 0.25) is 0 Å². The molecule has 1 rings (SSSR count). The molecular formula is C12H26N2O2. The van der Waals surface area contributed by atoms with Crippen LogP contribution in [0.3, 0.4) is 0 Å². The molecule has 1 saturated heterocycles. The zero-order valence-electron chi connectivity index (χ0n) is 10.6. The number of aliphatic hydroxyl groups excluding tert-OH is 1. The lowest BCUT2D eigenvalue weighted by atomic mass is 10.3. The first-order valence-corrected chi connectivity index (χ1v) is 6.44. The maximum Gasteiger partial charge on any atom is 0.0791 e. The third kappa shape index (κ3) is 5.80. The summed E-state index contributed by atoms with van der Waals surface area (Å²) in [5.74, 6) is 0. The Morgan fingerprint density at radius 3 is 2.69 bits per heavy atom. The van der Waals surface area contributed by atoms with Crippen LogP contribution >= 0.6 is 0 Å². The molecule has 0 spiro atoms. The van der Waals surface area contributed by atoms with Crippen molar-refractivity contribution in [2.45, 2.75) is 38.8 Å². The second kappa shape index (κ2) is 8.01. The van der Waals surface area contributed by atoms with Crippen LogP contribution in [0.15, 0.2) is 0 Å². The fourth-order valence-corrected chi connectivity index (χ4v) is 2.02. The van der Waals surface area contributed by atoms with E-state index in [1.165, 1.54) is 12.8 Å². The molecule has 1 fully saturated rings. The first-order valence-electron chi connectivity index (χ1n) is 6.44. The van der Waals surface area contributed by atoms with Gasteiger partial charge in [-0.1, -0.05) is 0 Å². The maximum atomic E-state index is 9.84. The largest absolute Gasteiger partial charge is 0.390 e. The normalized spacial score (nSPS) is 21.2. The molecular weight excluding hydrogens is 204 g/mol. The summed E-state index contributed by atoms with van der Waals surface area (Å²) in [6, 6.07) is 0.313. The Bertz CT molecular complexity index is 172. The van der Waals surface area contributed by atoms with Gasteiger partial charge in [0.2, 0.25) is 0 Å². The summed E-state index contributed by atoms with van der Waals surface area (Å²) in [5, 5.41) is 13.1. The van der Waals surface area contributed by atoms with E-state index in [-0.39, 0.29) is 6.10 Å². The van der Waals surface area contributed by atoms with Gasteiger partial charge >= 0.3 is 0 Å². The molecule has 2 unspecified atom stereocenters. The van der Waals surface area contributed by atoms with E-state index in [4.69, 9.17) is 4.74 Å². The standard InChI is InChI=1S/C12H26N2O2/c1-3-16-10-11(2)13-8-12(15)9-14-6-4-5-7-14/h11-13,15H,3-10H2,1-2H3. The van der Waals surface area contributed by atoms with E-state index >= 15 is 0 Å². The van der Waals surface area contributed by atoms with E-state index in [9.17, 15) is 5.11 Å². The Labute approximate surface area is 99.0 Å². The summed E-state index contributed by atoms with van der Waals surface area (Å²) in [4.78, 5) is 2.33. The highest BCUT2D eigenvalue weighted by Crippen LogP contribution is 2.07. The number of aliphatic hydroxyl groups is 1. The van der Waals surface area contributed by atoms with E-state index in [1.807, 2.05) is 6.92 Å². The van der Waals surface area contributed by atoms with Gasteiger partial charge in [-0.25, -0.2) is 0 Å². The average Bonchev–Trinajstić information content (AvgIpc) is 2.76. The Morgan fingerprint density at radius 2 is 2.06 bits per heavy atom. The van der Waals surface area contributed by atoms with E-state index in [1.54, 1.807) is 0 Å². The molecule has 1 heterocycles. The minimum atomic E-state index is -0.262. The first-order chi connectivity index (χ1) is 7.72. The van der Waals surface area contributed by atoms with Gasteiger partial charge in [0.1, 0.15) is 0 Å². The molecule has 16 heavy (non-hydrogen) atoms. The van der Waals surface area contributed by atoms with E-state index in [0.717, 1.165) is 26.2 Å². The zero-order valence-corrected chi connectivity index (χ0v) is 10.6. The Kier molecular flexibility index (Phi) is 6.96. The van der Waals surface area contributed by atoms with Crippen LogP contribution in [-0.4, -0.2) is 61.5 Å². The second-order valence-electron chi connectivity index (χ2n) is 4.63. The van der Waals surface area contributed by atoms with Crippen molar-refractivity contribution in [3.63, 3.8) is 0 Å². The van der Waals surface area contributed by atoms with Crippen molar-refractivity contribution in [1.29, 1.82) is 0 Å². The Morgan fingerprint density at radius 1 is 1.38 bits per heavy atom. The Hall–Kier alpha value is -0.160. The predicted molar refractivity (Wildman–Crippen MR) is 65.6 cm³/mol. The van der Waals surface area contributed by atoms with Gasteiger partial charge in [-0.3, -0.25) is 0 Å². The lowest BCUT2D eigenvalue weighted by Crippen LogP contribution is -2.41. The summed E-state index contributed by atoms with van der Waals surface area (Å²) in [6.07, 6.45) is 2.30. The molecule has 2 N–H and O–H groups in total. The summed E-state index contributed by atoms with van der Waals surface area (Å²) in [6.45, 7) is 9.29. The van der Waals surface area contributed by atoms with Gasteiger partial charge in [-0.2, -0.15) is 0 Å². The number of nitrogens with zero attached hydrogens (tertiary/aromatic N) is 1. The molecule has 0 aliphatic carbocycles. The van der Waals surface area contributed by atoms with Crippen LogP contribution in [0.25, 0.3) is 0 Å². The third-order valence-corrected chi connectivity index (χ3v) is 2.94.